The maximum atomic E-state index is 12.9. The molecule has 31 heavy (non-hydrogen) atoms. The van der Waals surface area contributed by atoms with Gasteiger partial charge in [0.2, 0.25) is 11.7 Å². The van der Waals surface area contributed by atoms with Crippen molar-refractivity contribution in [1.82, 2.24) is 14.7 Å². The summed E-state index contributed by atoms with van der Waals surface area (Å²) in [5.74, 6) is 0.129. The van der Waals surface area contributed by atoms with Gasteiger partial charge in [-0.1, -0.05) is 52.7 Å². The molecule has 1 N–H and O–H groups in total. The molecule has 4 rings (SSSR count). The van der Waals surface area contributed by atoms with E-state index in [1.165, 1.54) is 10.8 Å². The molecule has 2 aromatic heterocycles. The summed E-state index contributed by atoms with van der Waals surface area (Å²) in [4.78, 5) is 29.7. The number of anilines is 1. The Bertz CT molecular complexity index is 1310. The van der Waals surface area contributed by atoms with Gasteiger partial charge in [0.25, 0.3) is 11.4 Å². The van der Waals surface area contributed by atoms with E-state index in [1.54, 1.807) is 24.3 Å². The summed E-state index contributed by atoms with van der Waals surface area (Å²) in [5, 5.41) is 7.26. The highest BCUT2D eigenvalue weighted by molar-refractivity contribution is 6.31. The third-order valence-electron chi connectivity index (χ3n) is 4.76. The molecule has 8 heteroatoms. The fraction of sp³-hybridized carbons (Fsp3) is 0.130. The van der Waals surface area contributed by atoms with Gasteiger partial charge in [-0.25, -0.2) is 0 Å². The molecule has 0 saturated carbocycles. The van der Waals surface area contributed by atoms with E-state index in [9.17, 15) is 9.59 Å². The Morgan fingerprint density at radius 1 is 1.13 bits per heavy atom. The number of aromatic nitrogens is 3. The van der Waals surface area contributed by atoms with E-state index in [4.69, 9.17) is 16.1 Å². The molecule has 0 atom stereocenters. The van der Waals surface area contributed by atoms with Crippen LogP contribution in [0.3, 0.4) is 0 Å². The first-order valence-corrected chi connectivity index (χ1v) is 9.95. The van der Waals surface area contributed by atoms with Crippen LogP contribution in [0, 0.1) is 13.8 Å². The number of nitrogens with one attached hydrogen (secondary N) is 1. The molecule has 1 amide bonds. The smallest absolute Gasteiger partial charge is 0.263 e. The van der Waals surface area contributed by atoms with Crippen molar-refractivity contribution in [2.45, 2.75) is 20.4 Å². The molecule has 0 aliphatic rings. The van der Waals surface area contributed by atoms with Crippen molar-refractivity contribution >= 4 is 23.2 Å². The molecule has 156 valence electrons. The maximum absolute atomic E-state index is 12.9. The van der Waals surface area contributed by atoms with Crippen molar-refractivity contribution in [2.24, 2.45) is 0 Å². The third-order valence-corrected chi connectivity index (χ3v) is 5.16. The third kappa shape index (κ3) is 4.57. The lowest BCUT2D eigenvalue weighted by Gasteiger charge is -2.09. The Morgan fingerprint density at radius 2 is 1.90 bits per heavy atom. The average molecular weight is 435 g/mol. The summed E-state index contributed by atoms with van der Waals surface area (Å²) in [7, 11) is 0. The van der Waals surface area contributed by atoms with Crippen LogP contribution >= 0.6 is 11.6 Å². The quantitative estimate of drug-likeness (QED) is 0.500. The molecular weight excluding hydrogens is 416 g/mol. The molecule has 0 aliphatic heterocycles. The first-order valence-electron chi connectivity index (χ1n) is 9.57. The van der Waals surface area contributed by atoms with Gasteiger partial charge in [0.15, 0.2) is 0 Å². The van der Waals surface area contributed by atoms with Crippen LogP contribution in [0.25, 0.3) is 22.8 Å². The average Bonchev–Trinajstić information content (AvgIpc) is 3.23. The van der Waals surface area contributed by atoms with Crippen molar-refractivity contribution in [3.63, 3.8) is 0 Å². The van der Waals surface area contributed by atoms with Crippen LogP contribution in [-0.2, 0) is 11.3 Å². The summed E-state index contributed by atoms with van der Waals surface area (Å²) in [6, 6.07) is 16.1. The molecular formula is C23H19ClN4O3. The van der Waals surface area contributed by atoms with E-state index < -0.39 is 5.56 Å². The van der Waals surface area contributed by atoms with Crippen molar-refractivity contribution in [3.05, 3.63) is 87.3 Å². The predicted octanol–water partition coefficient (Wildman–Crippen LogP) is 4.47. The number of halogens is 1. The predicted molar refractivity (Wildman–Crippen MR) is 119 cm³/mol. The summed E-state index contributed by atoms with van der Waals surface area (Å²) >= 11 is 6.10. The number of rotatable bonds is 5. The standard InChI is InChI=1S/C23H19ClN4O3/c1-14-5-8-16(9-6-14)21-26-22(31-27-21)18-4-3-11-28(23(18)30)13-20(29)25-17-10-7-15(2)19(24)12-17/h3-12H,13H2,1-2H3,(H,25,29). The van der Waals surface area contributed by atoms with E-state index in [1.807, 2.05) is 44.2 Å². The van der Waals surface area contributed by atoms with Gasteiger partial charge in [-0.3, -0.25) is 9.59 Å². The number of benzene rings is 2. The van der Waals surface area contributed by atoms with Gasteiger partial charge in [-0.15, -0.1) is 0 Å². The monoisotopic (exact) mass is 434 g/mol. The van der Waals surface area contributed by atoms with E-state index >= 15 is 0 Å². The first-order chi connectivity index (χ1) is 14.9. The van der Waals surface area contributed by atoms with Crippen LogP contribution in [0.4, 0.5) is 5.69 Å². The lowest BCUT2D eigenvalue weighted by Crippen LogP contribution is -2.28. The number of amides is 1. The van der Waals surface area contributed by atoms with Crippen LogP contribution in [0.1, 0.15) is 11.1 Å². The van der Waals surface area contributed by atoms with Gasteiger partial charge >= 0.3 is 0 Å². The number of nitrogens with zero attached hydrogens (tertiary/aromatic N) is 3. The van der Waals surface area contributed by atoms with E-state index in [0.717, 1.165) is 16.7 Å². The normalized spacial score (nSPS) is 10.8. The maximum Gasteiger partial charge on any atom is 0.263 e. The number of carbonyl (C=O) groups excluding carboxylic acids is 1. The number of pyridine rings is 1. The van der Waals surface area contributed by atoms with Gasteiger partial charge in [0, 0.05) is 22.5 Å². The fourth-order valence-electron chi connectivity index (χ4n) is 3.00. The van der Waals surface area contributed by atoms with Gasteiger partial charge in [-0.2, -0.15) is 4.98 Å². The van der Waals surface area contributed by atoms with Crippen LogP contribution in [0.5, 0.6) is 0 Å². The largest absolute Gasteiger partial charge is 0.333 e. The zero-order chi connectivity index (χ0) is 22.0. The van der Waals surface area contributed by atoms with Gasteiger partial charge < -0.3 is 14.4 Å². The second-order valence-electron chi connectivity index (χ2n) is 7.16. The summed E-state index contributed by atoms with van der Waals surface area (Å²) in [6.07, 6.45) is 1.53. The molecule has 2 heterocycles. The highest BCUT2D eigenvalue weighted by Crippen LogP contribution is 2.21. The summed E-state index contributed by atoms with van der Waals surface area (Å²) in [5.41, 5.74) is 3.19. The number of hydrogen-bond donors (Lipinski definition) is 1. The molecule has 0 aliphatic carbocycles. The highest BCUT2D eigenvalue weighted by atomic mass is 35.5. The Balaban J connectivity index is 1.54. The topological polar surface area (TPSA) is 90.0 Å². The Hall–Kier alpha value is -3.71. The van der Waals surface area contributed by atoms with Crippen molar-refractivity contribution in [3.8, 4) is 22.8 Å². The summed E-state index contributed by atoms with van der Waals surface area (Å²) < 4.78 is 6.59. The van der Waals surface area contributed by atoms with E-state index in [2.05, 4.69) is 15.5 Å². The minimum Gasteiger partial charge on any atom is -0.333 e. The van der Waals surface area contributed by atoms with Crippen LogP contribution in [-0.4, -0.2) is 20.6 Å². The zero-order valence-corrected chi connectivity index (χ0v) is 17.7. The lowest BCUT2D eigenvalue weighted by molar-refractivity contribution is -0.116. The van der Waals surface area contributed by atoms with Crippen LogP contribution < -0.4 is 10.9 Å². The molecule has 0 unspecified atom stereocenters. The second-order valence-corrected chi connectivity index (χ2v) is 7.56. The Kier molecular flexibility index (Phi) is 5.68. The van der Waals surface area contributed by atoms with Gasteiger partial charge in [0.1, 0.15) is 12.1 Å². The highest BCUT2D eigenvalue weighted by Gasteiger charge is 2.16. The SMILES string of the molecule is Cc1ccc(-c2noc(-c3cccn(CC(=O)Nc4ccc(C)c(Cl)c4)c3=O)n2)cc1. The molecule has 7 nitrogen and oxygen atoms in total. The number of carbonyl (C=O) groups is 1. The molecule has 0 spiro atoms. The second kappa shape index (κ2) is 8.57. The molecule has 0 bridgehead atoms. The molecule has 0 saturated heterocycles. The fourth-order valence-corrected chi connectivity index (χ4v) is 3.18. The Labute approximate surface area is 183 Å². The molecule has 4 aromatic rings. The first kappa shape index (κ1) is 20.6. The van der Waals surface area contributed by atoms with Crippen LogP contribution in [0.15, 0.2) is 70.1 Å². The van der Waals surface area contributed by atoms with E-state index in [0.29, 0.717) is 16.5 Å². The van der Waals surface area contributed by atoms with E-state index in [-0.39, 0.29) is 23.9 Å². The molecule has 2 aromatic carbocycles. The molecule has 0 radical (unpaired) electrons. The van der Waals surface area contributed by atoms with Crippen molar-refractivity contribution in [1.29, 1.82) is 0 Å². The number of aryl methyl sites for hydroxylation is 2. The lowest BCUT2D eigenvalue weighted by atomic mass is 10.1. The van der Waals surface area contributed by atoms with Gasteiger partial charge in [0.05, 0.1) is 0 Å². The van der Waals surface area contributed by atoms with Gasteiger partial charge in [-0.05, 0) is 43.7 Å². The van der Waals surface area contributed by atoms with Crippen LogP contribution in [0.2, 0.25) is 5.02 Å². The minimum absolute atomic E-state index is 0.0978. The number of hydrogen-bond acceptors (Lipinski definition) is 5. The van der Waals surface area contributed by atoms with Crippen molar-refractivity contribution in [2.75, 3.05) is 5.32 Å². The zero-order valence-electron chi connectivity index (χ0n) is 16.9. The molecule has 0 fully saturated rings. The van der Waals surface area contributed by atoms with Crippen molar-refractivity contribution < 1.29 is 9.32 Å². The minimum atomic E-state index is -0.404. The summed E-state index contributed by atoms with van der Waals surface area (Å²) in [6.45, 7) is 3.69. The Morgan fingerprint density at radius 3 is 2.65 bits per heavy atom.